The highest BCUT2D eigenvalue weighted by molar-refractivity contribution is 5.87. The first kappa shape index (κ1) is 21.6. The van der Waals surface area contributed by atoms with Crippen molar-refractivity contribution < 1.29 is 9.13 Å². The average Bonchev–Trinajstić information content (AvgIpc) is 3.39. The Labute approximate surface area is 173 Å². The van der Waals surface area contributed by atoms with Crippen molar-refractivity contribution >= 4 is 29.0 Å². The molecule has 1 aliphatic carbocycles. The van der Waals surface area contributed by atoms with Crippen LogP contribution >= 0.6 is 12.4 Å². The molecule has 1 aromatic heterocycles. The van der Waals surface area contributed by atoms with Gasteiger partial charge in [-0.1, -0.05) is 0 Å². The monoisotopic (exact) mass is 427 g/mol. The van der Waals surface area contributed by atoms with Crippen LogP contribution in [0, 0.1) is 12.7 Å². The van der Waals surface area contributed by atoms with E-state index in [-0.39, 0.29) is 29.9 Å². The van der Waals surface area contributed by atoms with Gasteiger partial charge in [0.2, 0.25) is 0 Å². The lowest BCUT2D eigenvalue weighted by Gasteiger charge is -2.32. The number of nitrogens with zero attached hydrogens (tertiary/aromatic N) is 3. The quantitative estimate of drug-likeness (QED) is 0.705. The normalized spacial score (nSPS) is 22.7. The van der Waals surface area contributed by atoms with Gasteiger partial charge in [-0.3, -0.25) is 9.36 Å². The standard InChI is InChI=1S/C19H26FN5O3.ClH/c1-10-15-13(17(26)25(22)18(27)24(15)12-4-5-12)8-14(20)16(10)23-7-6-19(9-23,28-3)11(2)21;/h8,11-12H,4-7,9,21-22H2,1-3H3;1H. The van der Waals surface area contributed by atoms with Gasteiger partial charge in [0.15, 0.2) is 0 Å². The Morgan fingerprint density at radius 1 is 1.34 bits per heavy atom. The topological polar surface area (TPSA) is 109 Å². The molecule has 160 valence electrons. The van der Waals surface area contributed by atoms with Crippen molar-refractivity contribution in [1.29, 1.82) is 0 Å². The highest BCUT2D eigenvalue weighted by atomic mass is 35.5. The molecular weight excluding hydrogens is 401 g/mol. The van der Waals surface area contributed by atoms with Gasteiger partial charge in [0.25, 0.3) is 5.56 Å². The van der Waals surface area contributed by atoms with Crippen molar-refractivity contribution in [2.24, 2.45) is 5.73 Å². The van der Waals surface area contributed by atoms with Crippen LogP contribution in [0.25, 0.3) is 10.9 Å². The molecule has 1 saturated heterocycles. The molecular formula is C19H27ClFN5O3. The Hall–Kier alpha value is -2.10. The molecule has 1 aliphatic heterocycles. The average molecular weight is 428 g/mol. The second-order valence-electron chi connectivity index (χ2n) is 8.02. The molecule has 8 nitrogen and oxygen atoms in total. The summed E-state index contributed by atoms with van der Waals surface area (Å²) in [5.41, 5.74) is 5.72. The number of nitrogens with two attached hydrogens (primary N) is 2. The summed E-state index contributed by atoms with van der Waals surface area (Å²) in [5, 5.41) is 0.122. The number of aromatic nitrogens is 2. The van der Waals surface area contributed by atoms with E-state index in [0.29, 0.717) is 41.0 Å². The summed E-state index contributed by atoms with van der Waals surface area (Å²) in [6, 6.07) is 0.962. The third kappa shape index (κ3) is 3.12. The van der Waals surface area contributed by atoms with Crippen molar-refractivity contribution in [3.05, 3.63) is 38.3 Å². The fourth-order valence-electron chi connectivity index (χ4n) is 4.44. The van der Waals surface area contributed by atoms with Gasteiger partial charge >= 0.3 is 5.69 Å². The predicted molar refractivity (Wildman–Crippen MR) is 113 cm³/mol. The molecule has 10 heteroatoms. The molecule has 0 amide bonds. The number of ether oxygens (including phenoxy) is 1. The molecule has 0 radical (unpaired) electrons. The van der Waals surface area contributed by atoms with Gasteiger partial charge in [-0.15, -0.1) is 12.4 Å². The van der Waals surface area contributed by atoms with Crippen LogP contribution < -0.4 is 27.7 Å². The van der Waals surface area contributed by atoms with Crippen LogP contribution in [-0.2, 0) is 4.74 Å². The van der Waals surface area contributed by atoms with Crippen molar-refractivity contribution in [3.8, 4) is 0 Å². The highest BCUT2D eigenvalue weighted by Gasteiger charge is 2.43. The highest BCUT2D eigenvalue weighted by Crippen LogP contribution is 2.40. The van der Waals surface area contributed by atoms with E-state index in [0.717, 1.165) is 12.8 Å². The van der Waals surface area contributed by atoms with Gasteiger partial charge < -0.3 is 21.2 Å². The third-order valence-corrected chi connectivity index (χ3v) is 6.29. The van der Waals surface area contributed by atoms with Crippen molar-refractivity contribution in [2.45, 2.75) is 50.8 Å². The summed E-state index contributed by atoms with van der Waals surface area (Å²) < 4.78 is 23.0. The van der Waals surface area contributed by atoms with Crippen LogP contribution in [0.2, 0.25) is 0 Å². The lowest BCUT2D eigenvalue weighted by atomic mass is 9.95. The van der Waals surface area contributed by atoms with E-state index < -0.39 is 22.7 Å². The van der Waals surface area contributed by atoms with Crippen molar-refractivity contribution in [2.75, 3.05) is 30.9 Å². The van der Waals surface area contributed by atoms with E-state index in [4.69, 9.17) is 16.3 Å². The maximum absolute atomic E-state index is 15.2. The molecule has 2 heterocycles. The van der Waals surface area contributed by atoms with Crippen LogP contribution in [0.1, 0.15) is 37.8 Å². The third-order valence-electron chi connectivity index (χ3n) is 6.29. The number of nitrogen functional groups attached to an aromatic ring is 1. The molecule has 1 saturated carbocycles. The first-order chi connectivity index (χ1) is 13.2. The maximum Gasteiger partial charge on any atom is 0.350 e. The minimum Gasteiger partial charge on any atom is -0.375 e. The van der Waals surface area contributed by atoms with Gasteiger partial charge in [0.1, 0.15) is 11.4 Å². The molecule has 4 N–H and O–H groups in total. The first-order valence-corrected chi connectivity index (χ1v) is 9.53. The predicted octanol–water partition coefficient (Wildman–Crippen LogP) is 1.02. The van der Waals surface area contributed by atoms with E-state index in [1.165, 1.54) is 6.07 Å². The van der Waals surface area contributed by atoms with E-state index >= 15 is 4.39 Å². The zero-order valence-electron chi connectivity index (χ0n) is 16.8. The number of methoxy groups -OCH3 is 1. The summed E-state index contributed by atoms with van der Waals surface area (Å²) in [5.74, 6) is 5.15. The largest absolute Gasteiger partial charge is 0.375 e. The van der Waals surface area contributed by atoms with E-state index in [9.17, 15) is 9.59 Å². The summed E-state index contributed by atoms with van der Waals surface area (Å²) >= 11 is 0. The number of fused-ring (bicyclic) bond motifs is 1. The van der Waals surface area contributed by atoms with Crippen LogP contribution in [-0.4, -0.2) is 41.1 Å². The molecule has 2 aliphatic rings. The lowest BCUT2D eigenvalue weighted by molar-refractivity contribution is -0.00813. The van der Waals surface area contributed by atoms with Crippen LogP contribution in [0.5, 0.6) is 0 Å². The second kappa shape index (κ2) is 7.30. The van der Waals surface area contributed by atoms with Crippen molar-refractivity contribution in [1.82, 2.24) is 9.24 Å². The van der Waals surface area contributed by atoms with Gasteiger partial charge in [-0.2, -0.15) is 4.68 Å². The summed E-state index contributed by atoms with van der Waals surface area (Å²) in [6.07, 6.45) is 2.33. The number of anilines is 1. The summed E-state index contributed by atoms with van der Waals surface area (Å²) in [4.78, 5) is 27.1. The number of halogens is 2. The Bertz CT molecular complexity index is 1080. The summed E-state index contributed by atoms with van der Waals surface area (Å²) in [7, 11) is 1.62. The molecule has 29 heavy (non-hydrogen) atoms. The molecule has 4 rings (SSSR count). The number of hydrogen-bond acceptors (Lipinski definition) is 6. The maximum atomic E-state index is 15.2. The van der Waals surface area contributed by atoms with Gasteiger partial charge in [0.05, 0.1) is 16.6 Å². The molecule has 0 bridgehead atoms. The van der Waals surface area contributed by atoms with E-state index in [1.807, 2.05) is 11.8 Å². The first-order valence-electron chi connectivity index (χ1n) is 9.53. The molecule has 0 spiro atoms. The van der Waals surface area contributed by atoms with Gasteiger partial charge in [0, 0.05) is 37.8 Å². The number of rotatable bonds is 4. The Morgan fingerprint density at radius 3 is 2.52 bits per heavy atom. The SMILES string of the molecule is COC1(C(C)N)CCN(c2c(F)cc3c(=O)n(N)c(=O)n(C4CC4)c3c2C)C1.Cl. The van der Waals surface area contributed by atoms with E-state index in [1.54, 1.807) is 18.6 Å². The minimum atomic E-state index is -0.686. The van der Waals surface area contributed by atoms with Gasteiger partial charge in [-0.25, -0.2) is 9.18 Å². The zero-order valence-corrected chi connectivity index (χ0v) is 17.6. The molecule has 2 fully saturated rings. The molecule has 2 atom stereocenters. The van der Waals surface area contributed by atoms with Gasteiger partial charge in [-0.05, 0) is 39.2 Å². The molecule has 1 aromatic carbocycles. The fraction of sp³-hybridized carbons (Fsp3) is 0.579. The van der Waals surface area contributed by atoms with E-state index in [2.05, 4.69) is 0 Å². The summed E-state index contributed by atoms with van der Waals surface area (Å²) in [6.45, 7) is 4.63. The number of hydrogen-bond donors (Lipinski definition) is 2. The Kier molecular flexibility index (Phi) is 5.44. The van der Waals surface area contributed by atoms with Crippen LogP contribution in [0.15, 0.2) is 15.7 Å². The number of benzene rings is 1. The Balaban J connectivity index is 0.00000240. The second-order valence-corrected chi connectivity index (χ2v) is 8.02. The molecule has 2 aromatic rings. The Morgan fingerprint density at radius 2 is 2.00 bits per heavy atom. The van der Waals surface area contributed by atoms with Crippen LogP contribution in [0.4, 0.5) is 10.1 Å². The number of aryl methyl sites for hydroxylation is 1. The zero-order chi connectivity index (χ0) is 20.4. The van der Waals surface area contributed by atoms with Crippen molar-refractivity contribution in [3.63, 3.8) is 0 Å². The minimum absolute atomic E-state index is 0. The lowest BCUT2D eigenvalue weighted by Crippen LogP contribution is -2.50. The fourth-order valence-corrected chi connectivity index (χ4v) is 4.44. The van der Waals surface area contributed by atoms with Crippen LogP contribution in [0.3, 0.4) is 0 Å². The smallest absolute Gasteiger partial charge is 0.350 e. The molecule has 2 unspecified atom stereocenters.